The first-order valence-electron chi connectivity index (χ1n) is 7.90. The van der Waals surface area contributed by atoms with Crippen molar-refractivity contribution in [3.63, 3.8) is 0 Å². The van der Waals surface area contributed by atoms with Gasteiger partial charge in [0.1, 0.15) is 10.7 Å². The number of hydrogen-bond acceptors (Lipinski definition) is 6. The minimum absolute atomic E-state index is 0.0733. The van der Waals surface area contributed by atoms with Gasteiger partial charge in [-0.3, -0.25) is 4.72 Å². The molecule has 150 valence electrons. The lowest BCUT2D eigenvalue weighted by Crippen LogP contribution is -2.29. The molecule has 0 atom stereocenters. The second kappa shape index (κ2) is 7.97. The van der Waals surface area contributed by atoms with E-state index in [0.717, 1.165) is 29.6 Å². The van der Waals surface area contributed by atoms with Crippen LogP contribution in [-0.4, -0.2) is 23.9 Å². The largest absolute Gasteiger partial charge is 0.516 e. The summed E-state index contributed by atoms with van der Waals surface area (Å²) >= 11 is 9.07. The normalized spacial score (nSPS) is 12.3. The Balaban J connectivity index is 1.84. The van der Waals surface area contributed by atoms with E-state index in [-0.39, 0.29) is 10.7 Å². The van der Waals surface area contributed by atoms with Crippen LogP contribution in [0.3, 0.4) is 0 Å². The molecule has 5 nitrogen and oxygen atoms in total. The van der Waals surface area contributed by atoms with Crippen LogP contribution in [0.15, 0.2) is 29.0 Å². The topological polar surface area (TPSA) is 72.0 Å². The highest BCUT2D eigenvalue weighted by atomic mass is 35.5. The fourth-order valence-corrected chi connectivity index (χ4v) is 4.82. The number of anilines is 1. The van der Waals surface area contributed by atoms with Gasteiger partial charge >= 0.3 is 15.5 Å². The van der Waals surface area contributed by atoms with Gasteiger partial charge in [0.25, 0.3) is 0 Å². The summed E-state index contributed by atoms with van der Waals surface area (Å²) in [5.74, 6) is 0. The number of sulfonamides is 1. The van der Waals surface area contributed by atoms with Gasteiger partial charge < -0.3 is 0 Å². The van der Waals surface area contributed by atoms with E-state index in [4.69, 9.17) is 11.6 Å². The quantitative estimate of drug-likeness (QED) is 0.497. The number of nitrogens with zero attached hydrogens (tertiary/aromatic N) is 2. The second-order valence-corrected chi connectivity index (χ2v) is 9.54. The van der Waals surface area contributed by atoms with E-state index in [1.165, 1.54) is 28.2 Å². The molecule has 1 aromatic carbocycles. The lowest BCUT2D eigenvalue weighted by Gasteiger charge is -2.11. The third kappa shape index (κ3) is 4.48. The van der Waals surface area contributed by atoms with Crippen molar-refractivity contribution >= 4 is 50.0 Å². The number of rotatable bonds is 6. The predicted molar refractivity (Wildman–Crippen MR) is 106 cm³/mol. The minimum Gasteiger partial charge on any atom is -0.276 e. The third-order valence-corrected chi connectivity index (χ3v) is 6.74. The van der Waals surface area contributed by atoms with Gasteiger partial charge in [-0.1, -0.05) is 18.5 Å². The summed E-state index contributed by atoms with van der Waals surface area (Å²) < 4.78 is 61.3. The molecule has 0 spiro atoms. The van der Waals surface area contributed by atoms with Gasteiger partial charge in [0.15, 0.2) is 0 Å². The number of nitrogens with one attached hydrogen (secondary N) is 1. The Morgan fingerprint density at radius 1 is 1.14 bits per heavy atom. The molecule has 2 aromatic heterocycles. The SMILES string of the molecule is CCCc1nc(-c2nc(-c3ccc(NS(=O)(=O)C(F)(F)F)cc3Cl)cs2)cs1. The average molecular weight is 468 g/mol. The summed E-state index contributed by atoms with van der Waals surface area (Å²) in [5, 5.41) is 5.48. The van der Waals surface area contributed by atoms with Gasteiger partial charge in [0.05, 0.1) is 21.4 Å². The molecular weight excluding hydrogens is 455 g/mol. The van der Waals surface area contributed by atoms with Crippen LogP contribution in [0.5, 0.6) is 0 Å². The maximum absolute atomic E-state index is 12.5. The standard InChI is InChI=1S/C16H13ClF3N3O2S3/c1-2-3-14-21-13(8-26-14)15-22-12(7-27-15)10-5-4-9(6-11(10)17)23-28(24,25)16(18,19)20/h4-8,23H,2-3H2,1H3. The van der Waals surface area contributed by atoms with Gasteiger partial charge in [0.2, 0.25) is 0 Å². The molecule has 12 heteroatoms. The lowest BCUT2D eigenvalue weighted by atomic mass is 10.1. The van der Waals surface area contributed by atoms with Crippen molar-refractivity contribution in [2.24, 2.45) is 0 Å². The van der Waals surface area contributed by atoms with E-state index in [1.54, 1.807) is 16.7 Å². The highest BCUT2D eigenvalue weighted by Crippen LogP contribution is 2.35. The van der Waals surface area contributed by atoms with E-state index in [9.17, 15) is 21.6 Å². The monoisotopic (exact) mass is 467 g/mol. The van der Waals surface area contributed by atoms with Gasteiger partial charge in [-0.25, -0.2) is 9.97 Å². The van der Waals surface area contributed by atoms with E-state index >= 15 is 0 Å². The highest BCUT2D eigenvalue weighted by Gasteiger charge is 2.46. The van der Waals surface area contributed by atoms with Crippen molar-refractivity contribution in [3.05, 3.63) is 39.0 Å². The van der Waals surface area contributed by atoms with Gasteiger partial charge in [-0.2, -0.15) is 21.6 Å². The van der Waals surface area contributed by atoms with Gasteiger partial charge in [-0.15, -0.1) is 22.7 Å². The Kier molecular flexibility index (Phi) is 5.99. The molecule has 1 N–H and O–H groups in total. The van der Waals surface area contributed by atoms with Crippen molar-refractivity contribution in [2.75, 3.05) is 4.72 Å². The Labute approximate surface area is 172 Å². The number of aromatic nitrogens is 2. The van der Waals surface area contributed by atoms with Crippen LogP contribution in [0.25, 0.3) is 22.0 Å². The molecular formula is C16H13ClF3N3O2S3. The minimum atomic E-state index is -5.51. The molecule has 3 aromatic rings. The fraction of sp³-hybridized carbons (Fsp3) is 0.250. The van der Waals surface area contributed by atoms with E-state index < -0.39 is 15.5 Å². The smallest absolute Gasteiger partial charge is 0.276 e. The van der Waals surface area contributed by atoms with E-state index in [1.807, 2.05) is 5.38 Å². The first-order chi connectivity index (χ1) is 13.1. The molecule has 0 amide bonds. The van der Waals surface area contributed by atoms with Crippen LogP contribution in [0.2, 0.25) is 5.02 Å². The van der Waals surface area contributed by atoms with Crippen molar-refractivity contribution in [1.29, 1.82) is 0 Å². The number of aryl methyl sites for hydroxylation is 1. The lowest BCUT2D eigenvalue weighted by molar-refractivity contribution is -0.0429. The Bertz CT molecular complexity index is 1090. The summed E-state index contributed by atoms with van der Waals surface area (Å²) in [6.45, 7) is 2.07. The predicted octanol–water partition coefficient (Wildman–Crippen LogP) is 5.80. The molecule has 0 saturated carbocycles. The van der Waals surface area contributed by atoms with Crippen LogP contribution in [-0.2, 0) is 16.4 Å². The fourth-order valence-electron chi connectivity index (χ4n) is 2.25. The Morgan fingerprint density at radius 2 is 1.86 bits per heavy atom. The van der Waals surface area contributed by atoms with E-state index in [0.29, 0.717) is 16.3 Å². The third-order valence-electron chi connectivity index (χ3n) is 3.54. The van der Waals surface area contributed by atoms with Crippen molar-refractivity contribution in [2.45, 2.75) is 25.3 Å². The molecule has 0 fully saturated rings. The molecule has 3 rings (SSSR count). The highest BCUT2D eigenvalue weighted by molar-refractivity contribution is 7.93. The van der Waals surface area contributed by atoms with Crippen LogP contribution >= 0.6 is 34.3 Å². The van der Waals surface area contributed by atoms with Gasteiger partial charge in [-0.05, 0) is 31.0 Å². The first-order valence-corrected chi connectivity index (χ1v) is 11.5. The number of halogens is 4. The number of benzene rings is 1. The summed E-state index contributed by atoms with van der Waals surface area (Å²) in [7, 11) is -5.51. The molecule has 0 radical (unpaired) electrons. The van der Waals surface area contributed by atoms with Crippen LogP contribution < -0.4 is 4.72 Å². The first kappa shape index (κ1) is 21.0. The maximum Gasteiger partial charge on any atom is 0.516 e. The second-order valence-electron chi connectivity index (χ2n) is 5.66. The molecule has 0 aliphatic rings. The molecule has 0 bridgehead atoms. The molecule has 0 unspecified atom stereocenters. The van der Waals surface area contributed by atoms with E-state index in [2.05, 4.69) is 16.9 Å². The van der Waals surface area contributed by atoms with Gasteiger partial charge in [0, 0.05) is 16.3 Å². The summed E-state index contributed by atoms with van der Waals surface area (Å²) in [6.07, 6.45) is 1.89. The van der Waals surface area contributed by atoms with Crippen molar-refractivity contribution < 1.29 is 21.6 Å². The zero-order chi connectivity index (χ0) is 20.5. The number of alkyl halides is 3. The van der Waals surface area contributed by atoms with Crippen LogP contribution in [0.4, 0.5) is 18.9 Å². The zero-order valence-corrected chi connectivity index (χ0v) is 17.5. The molecule has 0 aliphatic heterocycles. The molecule has 0 aliphatic carbocycles. The molecule has 28 heavy (non-hydrogen) atoms. The van der Waals surface area contributed by atoms with Crippen molar-refractivity contribution in [3.8, 4) is 22.0 Å². The molecule has 2 heterocycles. The number of thiazole rings is 2. The molecule has 0 saturated heterocycles. The summed E-state index contributed by atoms with van der Waals surface area (Å²) in [6, 6.07) is 3.73. The summed E-state index contributed by atoms with van der Waals surface area (Å²) in [4.78, 5) is 9.02. The summed E-state index contributed by atoms with van der Waals surface area (Å²) in [5.41, 5.74) is -3.93. The number of hydrogen-bond donors (Lipinski definition) is 1. The van der Waals surface area contributed by atoms with Crippen LogP contribution in [0, 0.1) is 0 Å². The maximum atomic E-state index is 12.5. The Morgan fingerprint density at radius 3 is 2.50 bits per heavy atom. The zero-order valence-electron chi connectivity index (χ0n) is 14.2. The van der Waals surface area contributed by atoms with Crippen molar-refractivity contribution in [1.82, 2.24) is 9.97 Å². The Hall–Kier alpha value is -1.69. The average Bonchev–Trinajstić information content (AvgIpc) is 3.23. The van der Waals surface area contributed by atoms with Crippen LogP contribution in [0.1, 0.15) is 18.4 Å².